The van der Waals surface area contributed by atoms with Gasteiger partial charge in [-0.05, 0) is 60.9 Å². The van der Waals surface area contributed by atoms with Crippen LogP contribution in [0.2, 0.25) is 0 Å². The normalized spacial score (nSPS) is 10.8. The SMILES string of the molecule is CCCCCCCOc1ccc(C=CC(=O)Oc2ccc(OC(=O)CCCCC)cc2)cc1. The molecule has 0 aliphatic carbocycles. The molecular weight excluding hydrogens is 416 g/mol. The van der Waals surface area contributed by atoms with Crippen LogP contribution in [-0.4, -0.2) is 18.5 Å². The average molecular weight is 453 g/mol. The summed E-state index contributed by atoms with van der Waals surface area (Å²) in [6, 6.07) is 14.1. The molecule has 0 aliphatic rings. The fraction of sp³-hybridized carbons (Fsp3) is 0.429. The first-order valence-electron chi connectivity index (χ1n) is 12.0. The number of rotatable bonds is 15. The molecule has 0 atom stereocenters. The van der Waals surface area contributed by atoms with E-state index < -0.39 is 5.97 Å². The van der Waals surface area contributed by atoms with Crippen molar-refractivity contribution >= 4 is 18.0 Å². The van der Waals surface area contributed by atoms with Gasteiger partial charge in [0.05, 0.1) is 6.61 Å². The summed E-state index contributed by atoms with van der Waals surface area (Å²) in [5.41, 5.74) is 0.882. The fourth-order valence-corrected chi connectivity index (χ4v) is 3.16. The van der Waals surface area contributed by atoms with Gasteiger partial charge in [-0.25, -0.2) is 4.79 Å². The highest BCUT2D eigenvalue weighted by Gasteiger charge is 2.06. The smallest absolute Gasteiger partial charge is 0.336 e. The van der Waals surface area contributed by atoms with E-state index in [9.17, 15) is 9.59 Å². The minimum Gasteiger partial charge on any atom is -0.494 e. The minimum absolute atomic E-state index is 0.250. The Kier molecular flexibility index (Phi) is 12.4. The third-order valence-corrected chi connectivity index (χ3v) is 5.07. The average Bonchev–Trinajstić information content (AvgIpc) is 2.82. The summed E-state index contributed by atoms with van der Waals surface area (Å²) < 4.78 is 16.3. The molecule has 0 bridgehead atoms. The minimum atomic E-state index is -0.480. The second-order valence-corrected chi connectivity index (χ2v) is 7.99. The quantitative estimate of drug-likeness (QED) is 0.124. The first-order chi connectivity index (χ1) is 16.1. The van der Waals surface area contributed by atoms with E-state index in [1.54, 1.807) is 30.3 Å². The highest BCUT2D eigenvalue weighted by molar-refractivity contribution is 5.88. The third kappa shape index (κ3) is 11.4. The lowest BCUT2D eigenvalue weighted by Gasteiger charge is -2.06. The molecule has 5 heteroatoms. The summed E-state index contributed by atoms with van der Waals surface area (Å²) in [5.74, 6) is 0.927. The Morgan fingerprint density at radius 3 is 1.94 bits per heavy atom. The molecule has 0 aromatic heterocycles. The van der Waals surface area contributed by atoms with Gasteiger partial charge in [0, 0.05) is 12.5 Å². The number of unbranched alkanes of at least 4 members (excludes halogenated alkanes) is 6. The van der Waals surface area contributed by atoms with Gasteiger partial charge < -0.3 is 14.2 Å². The summed E-state index contributed by atoms with van der Waals surface area (Å²) in [6.45, 7) is 5.02. The molecule has 0 saturated carbocycles. The number of ether oxygens (including phenoxy) is 3. The van der Waals surface area contributed by atoms with Gasteiger partial charge >= 0.3 is 11.9 Å². The summed E-state index contributed by atoms with van der Waals surface area (Å²) >= 11 is 0. The standard InChI is InChI=1S/C28H36O5/c1-3-5-7-8-10-22-31-24-15-12-23(13-16-24)14-21-28(30)33-26-19-17-25(18-20-26)32-27(29)11-9-6-4-2/h12-21H,3-11,22H2,1-2H3. The van der Waals surface area contributed by atoms with Crippen molar-refractivity contribution in [1.82, 2.24) is 0 Å². The first-order valence-corrected chi connectivity index (χ1v) is 12.0. The molecule has 2 aromatic rings. The fourth-order valence-electron chi connectivity index (χ4n) is 3.16. The summed E-state index contributed by atoms with van der Waals surface area (Å²) in [4.78, 5) is 23.9. The van der Waals surface area contributed by atoms with Gasteiger partial charge in [-0.1, -0.05) is 64.5 Å². The van der Waals surface area contributed by atoms with Gasteiger partial charge in [0.25, 0.3) is 0 Å². The van der Waals surface area contributed by atoms with Crippen molar-refractivity contribution in [2.45, 2.75) is 71.6 Å². The molecular formula is C28H36O5. The molecule has 0 unspecified atom stereocenters. The van der Waals surface area contributed by atoms with Crippen LogP contribution in [0.1, 0.15) is 77.2 Å². The van der Waals surface area contributed by atoms with E-state index in [4.69, 9.17) is 14.2 Å². The zero-order chi connectivity index (χ0) is 23.7. The summed E-state index contributed by atoms with van der Waals surface area (Å²) in [7, 11) is 0. The topological polar surface area (TPSA) is 61.8 Å². The second-order valence-electron chi connectivity index (χ2n) is 7.99. The second kappa shape index (κ2) is 15.7. The Bertz CT molecular complexity index is 853. The highest BCUT2D eigenvalue weighted by Crippen LogP contribution is 2.19. The van der Waals surface area contributed by atoms with Crippen molar-refractivity contribution in [3.8, 4) is 17.2 Å². The van der Waals surface area contributed by atoms with Crippen LogP contribution in [0.5, 0.6) is 17.2 Å². The number of carbonyl (C=O) groups is 2. The molecule has 2 aromatic carbocycles. The molecule has 0 N–H and O–H groups in total. The van der Waals surface area contributed by atoms with Crippen LogP contribution >= 0.6 is 0 Å². The van der Waals surface area contributed by atoms with Crippen LogP contribution in [0.25, 0.3) is 6.08 Å². The van der Waals surface area contributed by atoms with Gasteiger partial charge in [0.1, 0.15) is 17.2 Å². The largest absolute Gasteiger partial charge is 0.494 e. The van der Waals surface area contributed by atoms with Crippen LogP contribution < -0.4 is 14.2 Å². The van der Waals surface area contributed by atoms with Crippen molar-refractivity contribution in [2.24, 2.45) is 0 Å². The predicted molar refractivity (Wildman–Crippen MR) is 132 cm³/mol. The van der Waals surface area contributed by atoms with E-state index in [1.807, 2.05) is 24.3 Å². The molecule has 0 amide bonds. The number of hydrogen-bond acceptors (Lipinski definition) is 5. The first kappa shape index (κ1) is 26.2. The zero-order valence-electron chi connectivity index (χ0n) is 19.9. The Morgan fingerprint density at radius 1 is 0.697 bits per heavy atom. The predicted octanol–water partition coefficient (Wildman–Crippen LogP) is 7.14. The van der Waals surface area contributed by atoms with E-state index in [0.29, 0.717) is 17.9 Å². The van der Waals surface area contributed by atoms with Crippen molar-refractivity contribution in [1.29, 1.82) is 0 Å². The van der Waals surface area contributed by atoms with E-state index >= 15 is 0 Å². The summed E-state index contributed by atoms with van der Waals surface area (Å²) in [5, 5.41) is 0. The Morgan fingerprint density at radius 2 is 1.27 bits per heavy atom. The van der Waals surface area contributed by atoms with E-state index in [0.717, 1.165) is 43.6 Å². The Hall–Kier alpha value is -3.08. The van der Waals surface area contributed by atoms with Crippen LogP contribution in [0.15, 0.2) is 54.6 Å². The molecule has 0 radical (unpaired) electrons. The van der Waals surface area contributed by atoms with Gasteiger partial charge in [0.2, 0.25) is 0 Å². The van der Waals surface area contributed by atoms with Crippen LogP contribution in [0, 0.1) is 0 Å². The van der Waals surface area contributed by atoms with Gasteiger partial charge in [-0.3, -0.25) is 4.79 Å². The molecule has 0 aliphatic heterocycles. The van der Waals surface area contributed by atoms with Crippen molar-refractivity contribution < 1.29 is 23.8 Å². The molecule has 0 fully saturated rings. The molecule has 0 spiro atoms. The lowest BCUT2D eigenvalue weighted by molar-refractivity contribution is -0.134. The maximum absolute atomic E-state index is 12.1. The number of carbonyl (C=O) groups excluding carboxylic acids is 2. The molecule has 5 nitrogen and oxygen atoms in total. The highest BCUT2D eigenvalue weighted by atomic mass is 16.5. The number of esters is 2. The zero-order valence-corrected chi connectivity index (χ0v) is 19.9. The third-order valence-electron chi connectivity index (χ3n) is 5.07. The van der Waals surface area contributed by atoms with Crippen LogP contribution in [0.4, 0.5) is 0 Å². The van der Waals surface area contributed by atoms with Gasteiger partial charge in [-0.2, -0.15) is 0 Å². The molecule has 0 saturated heterocycles. The Labute approximate surface area is 197 Å². The number of hydrogen-bond donors (Lipinski definition) is 0. The van der Waals surface area contributed by atoms with Gasteiger partial charge in [0.15, 0.2) is 0 Å². The molecule has 178 valence electrons. The van der Waals surface area contributed by atoms with E-state index in [1.165, 1.54) is 31.8 Å². The van der Waals surface area contributed by atoms with Crippen LogP contribution in [-0.2, 0) is 9.59 Å². The maximum atomic E-state index is 12.1. The van der Waals surface area contributed by atoms with Crippen molar-refractivity contribution in [3.63, 3.8) is 0 Å². The monoisotopic (exact) mass is 452 g/mol. The lowest BCUT2D eigenvalue weighted by atomic mass is 10.2. The van der Waals surface area contributed by atoms with Crippen molar-refractivity contribution in [3.05, 3.63) is 60.2 Å². The molecule has 0 heterocycles. The maximum Gasteiger partial charge on any atom is 0.336 e. The van der Waals surface area contributed by atoms with E-state index in [2.05, 4.69) is 13.8 Å². The van der Waals surface area contributed by atoms with Crippen molar-refractivity contribution in [2.75, 3.05) is 6.61 Å². The van der Waals surface area contributed by atoms with Gasteiger partial charge in [-0.15, -0.1) is 0 Å². The Balaban J connectivity index is 1.72. The number of benzene rings is 2. The molecule has 2 rings (SSSR count). The lowest BCUT2D eigenvalue weighted by Crippen LogP contribution is -2.07. The van der Waals surface area contributed by atoms with E-state index in [-0.39, 0.29) is 5.97 Å². The van der Waals surface area contributed by atoms with Crippen LogP contribution in [0.3, 0.4) is 0 Å². The molecule has 33 heavy (non-hydrogen) atoms. The summed E-state index contributed by atoms with van der Waals surface area (Å²) in [6.07, 6.45) is 12.4.